The Morgan fingerprint density at radius 2 is 2.04 bits per heavy atom. The summed E-state index contributed by atoms with van der Waals surface area (Å²) in [6.45, 7) is 0. The Bertz CT molecular complexity index is 880. The number of aromatic nitrogens is 2. The molecule has 0 aliphatic carbocycles. The van der Waals surface area contributed by atoms with Crippen LogP contribution in [-0.2, 0) is 41.8 Å². The van der Waals surface area contributed by atoms with E-state index in [1.807, 2.05) is 0 Å². The van der Waals surface area contributed by atoms with E-state index in [-0.39, 0.29) is 5.69 Å². The molecule has 1 aromatic heterocycles. The molecule has 0 spiro atoms. The summed E-state index contributed by atoms with van der Waals surface area (Å²) < 4.78 is 73.3. The van der Waals surface area contributed by atoms with E-state index in [1.54, 1.807) is 0 Å². The summed E-state index contributed by atoms with van der Waals surface area (Å²) >= 11 is 0. The third-order valence-corrected chi connectivity index (χ3v) is 4.55. The van der Waals surface area contributed by atoms with Crippen LogP contribution in [0, 0.1) is 0 Å². The summed E-state index contributed by atoms with van der Waals surface area (Å²) in [6, 6.07) is 0.622. The molecule has 25 heavy (non-hydrogen) atoms. The Balaban J connectivity index is 2.19. The van der Waals surface area contributed by atoms with E-state index in [1.165, 1.54) is 7.05 Å². The van der Waals surface area contributed by atoms with E-state index in [9.17, 15) is 26.4 Å². The SMILES string of the molecule is COC12OC1(c1cc(C(F)(F)F)nn1CS(C)(=O)=O)C=NN(C)C2=O. The van der Waals surface area contributed by atoms with Crippen molar-refractivity contribution in [1.29, 1.82) is 0 Å². The maximum absolute atomic E-state index is 13.0. The highest BCUT2D eigenvalue weighted by atomic mass is 32.2. The van der Waals surface area contributed by atoms with Crippen molar-refractivity contribution in [3.05, 3.63) is 17.5 Å². The number of halogens is 3. The number of hydrazone groups is 1. The maximum Gasteiger partial charge on any atom is 0.435 e. The van der Waals surface area contributed by atoms with Gasteiger partial charge >= 0.3 is 12.1 Å². The van der Waals surface area contributed by atoms with Gasteiger partial charge in [-0.25, -0.2) is 13.4 Å². The van der Waals surface area contributed by atoms with Crippen molar-refractivity contribution in [3.8, 4) is 0 Å². The minimum Gasteiger partial charge on any atom is -0.343 e. The van der Waals surface area contributed by atoms with Crippen molar-refractivity contribution in [2.45, 2.75) is 23.4 Å². The first-order chi connectivity index (χ1) is 11.4. The van der Waals surface area contributed by atoms with Gasteiger partial charge in [-0.15, -0.1) is 0 Å². The molecule has 1 fully saturated rings. The lowest BCUT2D eigenvalue weighted by molar-refractivity contribution is -0.153. The number of carbonyl (C=O) groups excluding carboxylic acids is 1. The summed E-state index contributed by atoms with van der Waals surface area (Å²) in [5, 5.41) is 7.99. The highest BCUT2D eigenvalue weighted by Gasteiger charge is 2.80. The molecule has 0 bridgehead atoms. The summed E-state index contributed by atoms with van der Waals surface area (Å²) in [5.74, 6) is -3.48. The molecule has 0 saturated carbocycles. The minimum atomic E-state index is -4.81. The number of ether oxygens (including phenoxy) is 2. The fourth-order valence-electron chi connectivity index (χ4n) is 2.69. The Morgan fingerprint density at radius 1 is 1.40 bits per heavy atom. The van der Waals surface area contributed by atoms with E-state index in [4.69, 9.17) is 9.47 Å². The molecule has 2 aliphatic rings. The van der Waals surface area contributed by atoms with Crippen molar-refractivity contribution in [2.75, 3.05) is 20.4 Å². The quantitative estimate of drug-likeness (QED) is 0.675. The van der Waals surface area contributed by atoms with Gasteiger partial charge in [-0.05, 0) is 6.07 Å². The lowest BCUT2D eigenvalue weighted by atomic mass is 9.97. The molecular formula is C12H13F3N4O5S. The highest BCUT2D eigenvalue weighted by Crippen LogP contribution is 2.58. The summed E-state index contributed by atoms with van der Waals surface area (Å²) in [5.41, 5.74) is -3.40. The molecule has 1 amide bonds. The van der Waals surface area contributed by atoms with E-state index < -0.39 is 44.9 Å². The topological polar surface area (TPSA) is 106 Å². The average Bonchev–Trinajstić information content (AvgIpc) is 2.98. The normalized spacial score (nSPS) is 29.0. The number of epoxide rings is 1. The smallest absolute Gasteiger partial charge is 0.343 e. The average molecular weight is 382 g/mol. The van der Waals surface area contributed by atoms with Crippen LogP contribution in [0.25, 0.3) is 0 Å². The number of hydrogen-bond acceptors (Lipinski definition) is 7. The van der Waals surface area contributed by atoms with Crippen LogP contribution in [0.4, 0.5) is 13.2 Å². The maximum atomic E-state index is 13.0. The largest absolute Gasteiger partial charge is 0.435 e. The molecule has 2 aliphatic heterocycles. The molecule has 2 unspecified atom stereocenters. The molecule has 1 saturated heterocycles. The van der Waals surface area contributed by atoms with Crippen LogP contribution in [-0.4, -0.2) is 61.5 Å². The van der Waals surface area contributed by atoms with Gasteiger partial charge in [0.25, 0.3) is 5.79 Å². The highest BCUT2D eigenvalue weighted by molar-refractivity contribution is 7.89. The van der Waals surface area contributed by atoms with Gasteiger partial charge in [-0.1, -0.05) is 0 Å². The molecule has 0 N–H and O–H groups in total. The number of rotatable bonds is 4. The Hall–Kier alpha value is -1.99. The summed E-state index contributed by atoms with van der Waals surface area (Å²) in [6.07, 6.45) is -2.88. The van der Waals surface area contributed by atoms with Crippen LogP contribution in [0.1, 0.15) is 11.4 Å². The van der Waals surface area contributed by atoms with E-state index in [0.29, 0.717) is 10.7 Å². The molecule has 13 heteroatoms. The zero-order valence-corrected chi connectivity index (χ0v) is 14.1. The van der Waals surface area contributed by atoms with Crippen molar-refractivity contribution in [3.63, 3.8) is 0 Å². The number of sulfone groups is 1. The molecule has 0 radical (unpaired) electrons. The molecule has 3 heterocycles. The first-order valence-corrected chi connectivity index (χ1v) is 8.84. The van der Waals surface area contributed by atoms with Crippen LogP contribution >= 0.6 is 0 Å². The molecule has 138 valence electrons. The number of hydrogen-bond donors (Lipinski definition) is 0. The first kappa shape index (κ1) is 17.8. The van der Waals surface area contributed by atoms with Crippen LogP contribution in [0.5, 0.6) is 0 Å². The number of likely N-dealkylation sites (N-methyl/N-ethyl adjacent to an activating group) is 1. The van der Waals surface area contributed by atoms with Crippen molar-refractivity contribution < 1.29 is 35.9 Å². The van der Waals surface area contributed by atoms with Crippen molar-refractivity contribution in [1.82, 2.24) is 14.8 Å². The second-order valence-electron chi connectivity index (χ2n) is 5.70. The lowest BCUT2D eigenvalue weighted by Crippen LogP contribution is -2.47. The van der Waals surface area contributed by atoms with Crippen molar-refractivity contribution >= 4 is 22.0 Å². The fourth-order valence-corrected chi connectivity index (χ4v) is 3.33. The summed E-state index contributed by atoms with van der Waals surface area (Å²) in [4.78, 5) is 12.3. The predicted octanol–water partition coefficient (Wildman–Crippen LogP) is -0.0700. The second-order valence-corrected chi connectivity index (χ2v) is 7.81. The molecular weight excluding hydrogens is 369 g/mol. The predicted molar refractivity (Wildman–Crippen MR) is 75.8 cm³/mol. The molecule has 2 atom stereocenters. The summed E-state index contributed by atoms with van der Waals surface area (Å²) in [7, 11) is -1.27. The Kier molecular flexibility index (Phi) is 3.58. The van der Waals surface area contributed by atoms with Gasteiger partial charge in [0.05, 0.1) is 11.9 Å². The lowest BCUT2D eigenvalue weighted by Gasteiger charge is -2.23. The van der Waals surface area contributed by atoms with Crippen molar-refractivity contribution in [2.24, 2.45) is 5.10 Å². The Morgan fingerprint density at radius 3 is 2.56 bits per heavy atom. The van der Waals surface area contributed by atoms with Gasteiger partial charge in [0.2, 0.25) is 5.60 Å². The van der Waals surface area contributed by atoms with Gasteiger partial charge in [-0.2, -0.15) is 23.4 Å². The van der Waals surface area contributed by atoms with Gasteiger partial charge in [-0.3, -0.25) is 9.48 Å². The zero-order valence-electron chi connectivity index (χ0n) is 13.2. The monoisotopic (exact) mass is 382 g/mol. The number of fused-ring (bicyclic) bond motifs is 1. The first-order valence-electron chi connectivity index (χ1n) is 6.78. The van der Waals surface area contributed by atoms with Crippen LogP contribution in [0.15, 0.2) is 11.2 Å². The number of methoxy groups -OCH3 is 1. The number of carbonyl (C=O) groups is 1. The van der Waals surface area contributed by atoms with Gasteiger partial charge in [0.1, 0.15) is 5.88 Å². The third-order valence-electron chi connectivity index (χ3n) is 3.84. The van der Waals surface area contributed by atoms with Gasteiger partial charge in [0.15, 0.2) is 15.5 Å². The fraction of sp³-hybridized carbons (Fsp3) is 0.583. The second kappa shape index (κ2) is 5.02. The third kappa shape index (κ3) is 2.53. The van der Waals surface area contributed by atoms with Crippen LogP contribution in [0.2, 0.25) is 0 Å². The molecule has 3 rings (SSSR count). The molecule has 1 aromatic rings. The number of nitrogens with zero attached hydrogens (tertiary/aromatic N) is 4. The molecule has 0 aromatic carbocycles. The number of alkyl halides is 3. The van der Waals surface area contributed by atoms with E-state index >= 15 is 0 Å². The van der Waals surface area contributed by atoms with Crippen LogP contribution < -0.4 is 0 Å². The zero-order chi connectivity index (χ0) is 18.8. The van der Waals surface area contributed by atoms with Crippen LogP contribution in [0.3, 0.4) is 0 Å². The minimum absolute atomic E-state index is 0.294. The standard InChI is InChI=1S/C12H13F3N4O5S/c1-18-9(20)11(23-2)10(24-11,5-16-18)8-4-7(12(13,14)15)17-19(8)6-25(3,21)22/h4-5H,6H2,1-3H3. The molecule has 9 nitrogen and oxygen atoms in total. The Labute approximate surface area is 139 Å². The van der Waals surface area contributed by atoms with Gasteiger partial charge in [0, 0.05) is 20.4 Å². The van der Waals surface area contributed by atoms with E-state index in [0.717, 1.165) is 24.6 Å². The van der Waals surface area contributed by atoms with Gasteiger partial charge < -0.3 is 9.47 Å². The van der Waals surface area contributed by atoms with E-state index in [2.05, 4.69) is 10.2 Å². The number of amides is 1.